The minimum absolute atomic E-state index is 0.279. The molecule has 0 spiro atoms. The SMILES string of the molecule is C=C(Nc1ccc(N)cc1N)c1ccc(F)cc1. The van der Waals surface area contributed by atoms with Gasteiger partial charge >= 0.3 is 0 Å². The van der Waals surface area contributed by atoms with E-state index in [9.17, 15) is 4.39 Å². The van der Waals surface area contributed by atoms with Crippen molar-refractivity contribution < 1.29 is 4.39 Å². The van der Waals surface area contributed by atoms with E-state index in [2.05, 4.69) is 11.9 Å². The molecule has 4 heteroatoms. The molecule has 18 heavy (non-hydrogen) atoms. The highest BCUT2D eigenvalue weighted by Crippen LogP contribution is 2.24. The second-order valence-electron chi connectivity index (χ2n) is 3.96. The van der Waals surface area contributed by atoms with Crippen molar-refractivity contribution in [3.8, 4) is 0 Å². The summed E-state index contributed by atoms with van der Waals surface area (Å²) in [4.78, 5) is 0. The second-order valence-corrected chi connectivity index (χ2v) is 3.96. The van der Waals surface area contributed by atoms with Crippen molar-refractivity contribution in [2.24, 2.45) is 0 Å². The zero-order valence-electron chi connectivity index (χ0n) is 9.78. The summed E-state index contributed by atoms with van der Waals surface area (Å²) >= 11 is 0. The van der Waals surface area contributed by atoms with Crippen molar-refractivity contribution in [1.29, 1.82) is 0 Å². The third-order valence-corrected chi connectivity index (χ3v) is 2.55. The molecular weight excluding hydrogens is 229 g/mol. The van der Waals surface area contributed by atoms with Crippen LogP contribution in [0.5, 0.6) is 0 Å². The molecule has 0 atom stereocenters. The number of rotatable bonds is 3. The fourth-order valence-electron chi connectivity index (χ4n) is 1.58. The summed E-state index contributed by atoms with van der Waals surface area (Å²) in [6.07, 6.45) is 0. The molecule has 2 rings (SSSR count). The lowest BCUT2D eigenvalue weighted by Gasteiger charge is -2.12. The molecule has 5 N–H and O–H groups in total. The molecule has 0 amide bonds. The number of hydrogen-bond acceptors (Lipinski definition) is 3. The average Bonchev–Trinajstić information content (AvgIpc) is 2.33. The number of nitrogens with two attached hydrogens (primary N) is 2. The molecular formula is C14H14FN3. The highest BCUT2D eigenvalue weighted by Gasteiger charge is 2.03. The first-order valence-corrected chi connectivity index (χ1v) is 5.43. The summed E-state index contributed by atoms with van der Waals surface area (Å²) < 4.78 is 12.8. The van der Waals surface area contributed by atoms with E-state index < -0.39 is 0 Å². The number of benzene rings is 2. The Morgan fingerprint density at radius 3 is 2.33 bits per heavy atom. The third kappa shape index (κ3) is 2.60. The monoisotopic (exact) mass is 243 g/mol. The van der Waals surface area contributed by atoms with Crippen LogP contribution in [-0.2, 0) is 0 Å². The standard InChI is InChI=1S/C14H14FN3/c1-9(10-2-4-11(15)5-3-10)18-14-7-6-12(16)8-13(14)17/h2-8,18H,1,16-17H2. The van der Waals surface area contributed by atoms with E-state index in [4.69, 9.17) is 11.5 Å². The Morgan fingerprint density at radius 1 is 1.06 bits per heavy atom. The smallest absolute Gasteiger partial charge is 0.123 e. The lowest BCUT2D eigenvalue weighted by atomic mass is 10.1. The van der Waals surface area contributed by atoms with Gasteiger partial charge in [0.25, 0.3) is 0 Å². The zero-order chi connectivity index (χ0) is 13.1. The van der Waals surface area contributed by atoms with Crippen LogP contribution in [0.15, 0.2) is 49.0 Å². The van der Waals surface area contributed by atoms with Gasteiger partial charge in [-0.25, -0.2) is 4.39 Å². The fourth-order valence-corrected chi connectivity index (χ4v) is 1.58. The van der Waals surface area contributed by atoms with Crippen molar-refractivity contribution >= 4 is 22.8 Å². The number of nitrogens with one attached hydrogen (secondary N) is 1. The molecule has 0 aliphatic carbocycles. The van der Waals surface area contributed by atoms with Gasteiger partial charge in [-0.1, -0.05) is 18.7 Å². The van der Waals surface area contributed by atoms with Crippen molar-refractivity contribution in [3.05, 3.63) is 60.4 Å². The van der Waals surface area contributed by atoms with Crippen LogP contribution in [0.2, 0.25) is 0 Å². The maximum absolute atomic E-state index is 12.8. The summed E-state index contributed by atoms with van der Waals surface area (Å²) in [5, 5.41) is 3.08. The van der Waals surface area contributed by atoms with Crippen LogP contribution in [0, 0.1) is 5.82 Å². The van der Waals surface area contributed by atoms with Crippen molar-refractivity contribution in [2.45, 2.75) is 0 Å². The molecule has 0 aliphatic heterocycles. The van der Waals surface area contributed by atoms with Crippen LogP contribution in [0.1, 0.15) is 5.56 Å². The minimum Gasteiger partial charge on any atom is -0.399 e. The Kier molecular flexibility index (Phi) is 3.19. The lowest BCUT2D eigenvalue weighted by Crippen LogP contribution is -2.01. The summed E-state index contributed by atoms with van der Waals surface area (Å²) in [6, 6.07) is 11.3. The van der Waals surface area contributed by atoms with Crippen molar-refractivity contribution in [2.75, 3.05) is 16.8 Å². The molecule has 0 saturated heterocycles. The van der Waals surface area contributed by atoms with Crippen molar-refractivity contribution in [3.63, 3.8) is 0 Å². The lowest BCUT2D eigenvalue weighted by molar-refractivity contribution is 0.627. The summed E-state index contributed by atoms with van der Waals surface area (Å²) in [6.45, 7) is 3.89. The number of hydrogen-bond donors (Lipinski definition) is 3. The fraction of sp³-hybridized carbons (Fsp3) is 0. The number of halogens is 1. The molecule has 0 heterocycles. The van der Waals surface area contributed by atoms with Gasteiger partial charge < -0.3 is 16.8 Å². The van der Waals surface area contributed by atoms with Gasteiger partial charge in [0, 0.05) is 11.4 Å². The van der Waals surface area contributed by atoms with Gasteiger partial charge in [0.05, 0.1) is 11.4 Å². The predicted molar refractivity (Wildman–Crippen MR) is 74.3 cm³/mol. The van der Waals surface area contributed by atoms with Gasteiger partial charge in [-0.3, -0.25) is 0 Å². The molecule has 0 unspecified atom stereocenters. The van der Waals surface area contributed by atoms with Crippen LogP contribution in [0.25, 0.3) is 5.70 Å². The highest BCUT2D eigenvalue weighted by atomic mass is 19.1. The second kappa shape index (κ2) is 4.79. The maximum Gasteiger partial charge on any atom is 0.123 e. The summed E-state index contributed by atoms with van der Waals surface area (Å²) in [5.74, 6) is -0.279. The topological polar surface area (TPSA) is 64.1 Å². The van der Waals surface area contributed by atoms with E-state index >= 15 is 0 Å². The number of anilines is 3. The van der Waals surface area contributed by atoms with Crippen molar-refractivity contribution in [1.82, 2.24) is 0 Å². The molecule has 0 aromatic heterocycles. The van der Waals surface area contributed by atoms with Gasteiger partial charge in [-0.05, 0) is 35.9 Å². The first-order chi connectivity index (χ1) is 8.56. The molecule has 0 saturated carbocycles. The maximum atomic E-state index is 12.8. The Morgan fingerprint density at radius 2 is 1.72 bits per heavy atom. The normalized spacial score (nSPS) is 10.1. The van der Waals surface area contributed by atoms with Gasteiger partial charge in [-0.2, -0.15) is 0 Å². The molecule has 0 aliphatic rings. The van der Waals surface area contributed by atoms with E-state index in [1.165, 1.54) is 12.1 Å². The first kappa shape index (κ1) is 12.0. The Bertz CT molecular complexity index is 576. The van der Waals surface area contributed by atoms with Gasteiger partial charge in [0.15, 0.2) is 0 Å². The highest BCUT2D eigenvalue weighted by molar-refractivity contribution is 5.82. The Hall–Kier alpha value is -2.49. The van der Waals surface area contributed by atoms with Gasteiger partial charge in [-0.15, -0.1) is 0 Å². The molecule has 0 bridgehead atoms. The van der Waals surface area contributed by atoms with E-state index in [0.29, 0.717) is 17.1 Å². The molecule has 0 radical (unpaired) electrons. The van der Waals surface area contributed by atoms with E-state index in [-0.39, 0.29) is 5.82 Å². The Labute approximate surface area is 105 Å². The predicted octanol–water partition coefficient (Wildman–Crippen LogP) is 3.07. The zero-order valence-corrected chi connectivity index (χ0v) is 9.78. The quantitative estimate of drug-likeness (QED) is 0.726. The average molecular weight is 243 g/mol. The third-order valence-electron chi connectivity index (χ3n) is 2.55. The molecule has 3 nitrogen and oxygen atoms in total. The van der Waals surface area contributed by atoms with Gasteiger partial charge in [0.2, 0.25) is 0 Å². The van der Waals surface area contributed by atoms with Crippen LogP contribution in [0.4, 0.5) is 21.5 Å². The number of nitrogen functional groups attached to an aromatic ring is 2. The summed E-state index contributed by atoms with van der Waals surface area (Å²) in [7, 11) is 0. The Balaban J connectivity index is 2.18. The van der Waals surface area contributed by atoms with Crippen LogP contribution in [-0.4, -0.2) is 0 Å². The minimum atomic E-state index is -0.279. The molecule has 2 aromatic carbocycles. The molecule has 0 fully saturated rings. The summed E-state index contributed by atoms with van der Waals surface area (Å²) in [5.41, 5.74) is 14.7. The molecule has 2 aromatic rings. The van der Waals surface area contributed by atoms with Gasteiger partial charge in [0.1, 0.15) is 5.82 Å². The van der Waals surface area contributed by atoms with Crippen LogP contribution >= 0.6 is 0 Å². The van der Waals surface area contributed by atoms with Crippen LogP contribution in [0.3, 0.4) is 0 Å². The van der Waals surface area contributed by atoms with E-state index in [1.54, 1.807) is 30.3 Å². The van der Waals surface area contributed by atoms with Crippen LogP contribution < -0.4 is 16.8 Å². The van der Waals surface area contributed by atoms with E-state index in [1.807, 2.05) is 0 Å². The largest absolute Gasteiger partial charge is 0.399 e. The van der Waals surface area contributed by atoms with E-state index in [0.717, 1.165) is 11.3 Å². The molecule has 92 valence electrons. The first-order valence-electron chi connectivity index (χ1n) is 5.43.